The summed E-state index contributed by atoms with van der Waals surface area (Å²) in [5.41, 5.74) is 0.985. The van der Waals surface area contributed by atoms with Crippen LogP contribution in [0.25, 0.3) is 0 Å². The molecule has 2 heterocycles. The average molecular weight is 278 g/mol. The number of hydrogen-bond acceptors (Lipinski definition) is 4. The van der Waals surface area contributed by atoms with Crippen molar-refractivity contribution in [2.24, 2.45) is 0 Å². The predicted molar refractivity (Wildman–Crippen MR) is 75.6 cm³/mol. The fourth-order valence-electron chi connectivity index (χ4n) is 1.70. The largest absolute Gasteiger partial charge is 0.454 e. The molecule has 19 heavy (non-hydrogen) atoms. The van der Waals surface area contributed by atoms with Crippen molar-refractivity contribution in [1.29, 1.82) is 0 Å². The molecule has 0 aliphatic rings. The summed E-state index contributed by atoms with van der Waals surface area (Å²) < 4.78 is 5.62. The Morgan fingerprint density at radius 3 is 2.74 bits per heavy atom. The zero-order valence-electron chi connectivity index (χ0n) is 10.9. The number of ether oxygens (including phenoxy) is 1. The van der Waals surface area contributed by atoms with Crippen molar-refractivity contribution in [2.75, 3.05) is 6.54 Å². The molecule has 0 aromatic carbocycles. The fraction of sp³-hybridized carbons (Fsp3) is 0.286. The van der Waals surface area contributed by atoms with E-state index in [2.05, 4.69) is 29.1 Å². The molecule has 0 saturated carbocycles. The van der Waals surface area contributed by atoms with Gasteiger partial charge in [0.05, 0.1) is 23.1 Å². The highest BCUT2D eigenvalue weighted by atomic mass is 35.5. The lowest BCUT2D eigenvalue weighted by molar-refractivity contribution is 0.476. The molecule has 100 valence electrons. The number of aromatic nitrogens is 2. The van der Waals surface area contributed by atoms with E-state index in [0.29, 0.717) is 16.5 Å². The average Bonchev–Trinajstić information content (AvgIpc) is 2.40. The second-order valence-corrected chi connectivity index (χ2v) is 4.58. The third kappa shape index (κ3) is 3.91. The highest BCUT2D eigenvalue weighted by Gasteiger charge is 2.05. The van der Waals surface area contributed by atoms with E-state index in [9.17, 15) is 0 Å². The van der Waals surface area contributed by atoms with E-state index in [1.807, 2.05) is 12.1 Å². The van der Waals surface area contributed by atoms with E-state index in [4.69, 9.17) is 16.3 Å². The van der Waals surface area contributed by atoms with E-state index in [-0.39, 0.29) is 6.04 Å². The minimum absolute atomic E-state index is 0.229. The molecule has 0 aliphatic heterocycles. The summed E-state index contributed by atoms with van der Waals surface area (Å²) in [7, 11) is 0. The molecule has 0 amide bonds. The molecule has 1 N–H and O–H groups in total. The maximum Gasteiger partial charge on any atom is 0.147 e. The van der Waals surface area contributed by atoms with Crippen molar-refractivity contribution in [1.82, 2.24) is 15.3 Å². The van der Waals surface area contributed by atoms with Crippen LogP contribution in [0.1, 0.15) is 25.6 Å². The molecular formula is C14H16ClN3O. The number of nitrogens with zero attached hydrogens (tertiary/aromatic N) is 2. The standard InChI is InChI=1S/C14H16ClN3O/c1-3-17-10(2)14-5-4-12(9-18-14)19-13-6-11(15)7-16-8-13/h4-10,17H,3H2,1-2H3. The maximum atomic E-state index is 5.85. The van der Waals surface area contributed by atoms with E-state index in [1.165, 1.54) is 0 Å². The lowest BCUT2D eigenvalue weighted by atomic mass is 10.2. The first-order chi connectivity index (χ1) is 9.19. The molecule has 1 unspecified atom stereocenters. The van der Waals surface area contributed by atoms with Crippen LogP contribution in [0.5, 0.6) is 11.5 Å². The number of pyridine rings is 2. The topological polar surface area (TPSA) is 47.0 Å². The summed E-state index contributed by atoms with van der Waals surface area (Å²) in [5.74, 6) is 1.26. The summed E-state index contributed by atoms with van der Waals surface area (Å²) in [6.07, 6.45) is 4.87. The molecule has 2 aromatic heterocycles. The van der Waals surface area contributed by atoms with Crippen LogP contribution in [-0.4, -0.2) is 16.5 Å². The third-order valence-electron chi connectivity index (χ3n) is 2.63. The van der Waals surface area contributed by atoms with Crippen molar-refractivity contribution in [2.45, 2.75) is 19.9 Å². The van der Waals surface area contributed by atoms with Crippen LogP contribution in [0, 0.1) is 0 Å². The predicted octanol–water partition coefficient (Wildman–Crippen LogP) is 3.59. The molecular weight excluding hydrogens is 262 g/mol. The van der Waals surface area contributed by atoms with Gasteiger partial charge in [0, 0.05) is 18.3 Å². The highest BCUT2D eigenvalue weighted by molar-refractivity contribution is 6.30. The summed E-state index contributed by atoms with van der Waals surface area (Å²) in [4.78, 5) is 8.34. The van der Waals surface area contributed by atoms with Gasteiger partial charge in [0.1, 0.15) is 11.5 Å². The first kappa shape index (κ1) is 13.8. The highest BCUT2D eigenvalue weighted by Crippen LogP contribution is 2.23. The minimum atomic E-state index is 0.229. The van der Waals surface area contributed by atoms with Gasteiger partial charge in [-0.3, -0.25) is 9.97 Å². The molecule has 4 nitrogen and oxygen atoms in total. The van der Waals surface area contributed by atoms with Gasteiger partial charge in [-0.25, -0.2) is 0 Å². The zero-order chi connectivity index (χ0) is 13.7. The Bertz CT molecular complexity index is 530. The second-order valence-electron chi connectivity index (χ2n) is 4.14. The summed E-state index contributed by atoms with van der Waals surface area (Å²) in [6, 6.07) is 5.77. The molecule has 5 heteroatoms. The van der Waals surface area contributed by atoms with Gasteiger partial charge in [0.15, 0.2) is 0 Å². The maximum absolute atomic E-state index is 5.85. The zero-order valence-corrected chi connectivity index (χ0v) is 11.7. The first-order valence-electron chi connectivity index (χ1n) is 6.16. The Morgan fingerprint density at radius 1 is 1.26 bits per heavy atom. The lowest BCUT2D eigenvalue weighted by Crippen LogP contribution is -2.18. The summed E-state index contributed by atoms with van der Waals surface area (Å²) >= 11 is 5.85. The Balaban J connectivity index is 2.06. The SMILES string of the molecule is CCNC(C)c1ccc(Oc2cncc(Cl)c2)cn1. The molecule has 0 bridgehead atoms. The van der Waals surface area contributed by atoms with Gasteiger partial charge in [-0.2, -0.15) is 0 Å². The Kier molecular flexibility index (Phi) is 4.71. The number of halogens is 1. The van der Waals surface area contributed by atoms with E-state index in [1.54, 1.807) is 24.7 Å². The molecule has 2 rings (SSSR count). The van der Waals surface area contributed by atoms with Crippen molar-refractivity contribution < 1.29 is 4.74 Å². The van der Waals surface area contributed by atoms with Gasteiger partial charge in [0.2, 0.25) is 0 Å². The smallest absolute Gasteiger partial charge is 0.147 e. The van der Waals surface area contributed by atoms with Gasteiger partial charge in [-0.15, -0.1) is 0 Å². The Hall–Kier alpha value is -1.65. The van der Waals surface area contributed by atoms with Crippen molar-refractivity contribution in [3.8, 4) is 11.5 Å². The normalized spacial score (nSPS) is 12.2. The van der Waals surface area contributed by atoms with Gasteiger partial charge >= 0.3 is 0 Å². The summed E-state index contributed by atoms with van der Waals surface area (Å²) in [6.45, 7) is 5.06. The third-order valence-corrected chi connectivity index (χ3v) is 2.84. The first-order valence-corrected chi connectivity index (χ1v) is 6.54. The van der Waals surface area contributed by atoms with Crippen molar-refractivity contribution in [3.05, 3.63) is 47.5 Å². The van der Waals surface area contributed by atoms with Crippen LogP contribution >= 0.6 is 11.6 Å². The quantitative estimate of drug-likeness (QED) is 0.907. The van der Waals surface area contributed by atoms with Crippen LogP contribution in [0.4, 0.5) is 0 Å². The van der Waals surface area contributed by atoms with E-state index in [0.717, 1.165) is 12.2 Å². The Morgan fingerprint density at radius 2 is 2.11 bits per heavy atom. The van der Waals surface area contributed by atoms with Crippen LogP contribution in [0.15, 0.2) is 36.8 Å². The molecule has 0 fully saturated rings. The molecule has 1 atom stereocenters. The molecule has 0 aliphatic carbocycles. The van der Waals surface area contributed by atoms with Crippen LogP contribution < -0.4 is 10.1 Å². The Labute approximate surface area is 117 Å². The van der Waals surface area contributed by atoms with Crippen LogP contribution in [0.2, 0.25) is 5.02 Å². The fourth-order valence-corrected chi connectivity index (χ4v) is 1.87. The van der Waals surface area contributed by atoms with Crippen molar-refractivity contribution >= 4 is 11.6 Å². The van der Waals surface area contributed by atoms with Gasteiger partial charge in [0.25, 0.3) is 0 Å². The second kappa shape index (κ2) is 6.50. The molecule has 0 spiro atoms. The van der Waals surface area contributed by atoms with Gasteiger partial charge in [-0.1, -0.05) is 18.5 Å². The lowest BCUT2D eigenvalue weighted by Gasteiger charge is -2.12. The summed E-state index contributed by atoms with van der Waals surface area (Å²) in [5, 5.41) is 3.85. The van der Waals surface area contributed by atoms with Crippen molar-refractivity contribution in [3.63, 3.8) is 0 Å². The van der Waals surface area contributed by atoms with Gasteiger partial charge < -0.3 is 10.1 Å². The monoisotopic (exact) mass is 277 g/mol. The van der Waals surface area contributed by atoms with Crippen LogP contribution in [-0.2, 0) is 0 Å². The van der Waals surface area contributed by atoms with Gasteiger partial charge in [-0.05, 0) is 25.6 Å². The number of rotatable bonds is 5. The van der Waals surface area contributed by atoms with E-state index >= 15 is 0 Å². The molecule has 0 radical (unpaired) electrons. The molecule has 0 saturated heterocycles. The van der Waals surface area contributed by atoms with Crippen LogP contribution in [0.3, 0.4) is 0 Å². The number of hydrogen-bond donors (Lipinski definition) is 1. The molecule has 2 aromatic rings. The van der Waals surface area contributed by atoms with E-state index < -0.39 is 0 Å². The minimum Gasteiger partial charge on any atom is -0.454 e. The number of nitrogens with one attached hydrogen (secondary N) is 1.